The molecule has 0 aromatic rings. The molecule has 1 atom stereocenters. The largest absolute Gasteiger partial charge is 0.464 e. The maximum absolute atomic E-state index is 12.0. The fourth-order valence-corrected chi connectivity index (χ4v) is 1.93. The van der Waals surface area contributed by atoms with E-state index in [1.807, 2.05) is 13.8 Å². The summed E-state index contributed by atoms with van der Waals surface area (Å²) in [5.74, 6) is 0.132. The van der Waals surface area contributed by atoms with Crippen LogP contribution in [0.25, 0.3) is 0 Å². The first-order chi connectivity index (χ1) is 9.52. The van der Waals surface area contributed by atoms with E-state index >= 15 is 0 Å². The summed E-state index contributed by atoms with van der Waals surface area (Å²) in [6.07, 6.45) is 4.96. The molecule has 118 valence electrons. The molecule has 1 unspecified atom stereocenters. The van der Waals surface area contributed by atoms with Crippen molar-refractivity contribution in [2.75, 3.05) is 12.5 Å². The minimum atomic E-state index is -0.555. The first-order valence-corrected chi connectivity index (χ1v) is 8.08. The van der Waals surface area contributed by atoms with Crippen molar-refractivity contribution in [2.45, 2.75) is 65.3 Å². The van der Waals surface area contributed by atoms with E-state index in [-0.39, 0.29) is 17.8 Å². The first-order valence-electron chi connectivity index (χ1n) is 7.54. The third-order valence-electron chi connectivity index (χ3n) is 3.02. The Hall–Kier alpha value is -0.770. The second kappa shape index (κ2) is 12.0. The van der Waals surface area contributed by atoms with Crippen molar-refractivity contribution in [3.05, 3.63) is 0 Å². The molecule has 0 saturated carbocycles. The van der Waals surface area contributed by atoms with Gasteiger partial charge in [0, 0.05) is 12.3 Å². The maximum atomic E-state index is 12.0. The fourth-order valence-electron chi connectivity index (χ4n) is 1.74. The number of halogens is 1. The molecular formula is C15H28ClNO3. The van der Waals surface area contributed by atoms with Crippen LogP contribution in [0.5, 0.6) is 0 Å². The third-order valence-corrected chi connectivity index (χ3v) is 3.28. The lowest BCUT2D eigenvalue weighted by molar-refractivity contribution is -0.149. The van der Waals surface area contributed by atoms with E-state index in [9.17, 15) is 9.59 Å². The van der Waals surface area contributed by atoms with Gasteiger partial charge >= 0.3 is 5.97 Å². The molecule has 0 aliphatic carbocycles. The molecule has 0 bridgehead atoms. The van der Waals surface area contributed by atoms with E-state index in [1.54, 1.807) is 0 Å². The minimum absolute atomic E-state index is 0.0191. The monoisotopic (exact) mass is 305 g/mol. The summed E-state index contributed by atoms with van der Waals surface area (Å²) in [5.41, 5.74) is 0. The van der Waals surface area contributed by atoms with Gasteiger partial charge in [-0.25, -0.2) is 4.79 Å². The lowest BCUT2D eigenvalue weighted by Crippen LogP contribution is -2.45. The van der Waals surface area contributed by atoms with Crippen LogP contribution in [0.2, 0.25) is 0 Å². The zero-order chi connectivity index (χ0) is 15.4. The molecule has 0 aromatic heterocycles. The number of esters is 1. The molecule has 0 spiro atoms. The van der Waals surface area contributed by atoms with Crippen LogP contribution < -0.4 is 5.32 Å². The second-order valence-corrected chi connectivity index (χ2v) is 5.69. The third kappa shape index (κ3) is 9.18. The summed E-state index contributed by atoms with van der Waals surface area (Å²) in [4.78, 5) is 23.7. The number of carbonyl (C=O) groups is 2. The molecule has 0 fully saturated rings. The van der Waals surface area contributed by atoms with Gasteiger partial charge in [0.05, 0.1) is 6.61 Å². The van der Waals surface area contributed by atoms with Crippen molar-refractivity contribution in [1.82, 2.24) is 5.32 Å². The Balaban J connectivity index is 4.13. The van der Waals surface area contributed by atoms with E-state index < -0.39 is 6.04 Å². The van der Waals surface area contributed by atoms with Crippen LogP contribution in [0.3, 0.4) is 0 Å². The molecule has 20 heavy (non-hydrogen) atoms. The van der Waals surface area contributed by atoms with Gasteiger partial charge in [-0.2, -0.15) is 0 Å². The van der Waals surface area contributed by atoms with E-state index in [1.165, 1.54) is 0 Å². The summed E-state index contributed by atoms with van der Waals surface area (Å²) < 4.78 is 5.22. The van der Waals surface area contributed by atoms with Gasteiger partial charge in [0.25, 0.3) is 0 Å². The van der Waals surface area contributed by atoms with Crippen molar-refractivity contribution in [3.63, 3.8) is 0 Å². The summed E-state index contributed by atoms with van der Waals surface area (Å²) >= 11 is 5.57. The van der Waals surface area contributed by atoms with Crippen LogP contribution in [-0.4, -0.2) is 30.4 Å². The Kier molecular flexibility index (Phi) is 11.5. The number of unbranched alkanes of at least 4 members (excludes halogenated alkanes) is 3. The lowest BCUT2D eigenvalue weighted by atomic mass is 10.0. The van der Waals surface area contributed by atoms with Gasteiger partial charge in [-0.05, 0) is 25.2 Å². The van der Waals surface area contributed by atoms with Crippen molar-refractivity contribution >= 4 is 23.5 Å². The van der Waals surface area contributed by atoms with Gasteiger partial charge in [0.1, 0.15) is 6.04 Å². The standard InChI is InChI=1S/C15H28ClNO3/c1-4-5-8-11-20-15(19)14(12(2)3)17-13(18)9-6-7-10-16/h12,14H,4-11H2,1-3H3,(H,17,18). The van der Waals surface area contributed by atoms with Crippen molar-refractivity contribution < 1.29 is 14.3 Å². The number of carbonyl (C=O) groups excluding carboxylic acids is 2. The summed E-state index contributed by atoms with van der Waals surface area (Å²) in [5, 5.41) is 2.76. The average Bonchev–Trinajstić information content (AvgIpc) is 2.40. The first kappa shape index (κ1) is 19.2. The number of alkyl halides is 1. The van der Waals surface area contributed by atoms with Crippen LogP contribution in [0.4, 0.5) is 0 Å². The van der Waals surface area contributed by atoms with Gasteiger partial charge in [0.2, 0.25) is 5.91 Å². The molecule has 0 aliphatic heterocycles. The SMILES string of the molecule is CCCCCOC(=O)C(NC(=O)CCCCCl)C(C)C. The number of hydrogen-bond donors (Lipinski definition) is 1. The highest BCUT2D eigenvalue weighted by molar-refractivity contribution is 6.17. The molecule has 5 heteroatoms. The second-order valence-electron chi connectivity index (χ2n) is 5.31. The molecule has 0 aliphatic rings. The zero-order valence-corrected chi connectivity index (χ0v) is 13.7. The Labute approximate surface area is 127 Å². The van der Waals surface area contributed by atoms with E-state index in [2.05, 4.69) is 12.2 Å². The molecule has 0 heterocycles. The van der Waals surface area contributed by atoms with Crippen molar-refractivity contribution in [3.8, 4) is 0 Å². The number of nitrogens with one attached hydrogen (secondary N) is 1. The molecule has 0 saturated heterocycles. The predicted molar refractivity (Wildman–Crippen MR) is 81.8 cm³/mol. The quantitative estimate of drug-likeness (QED) is 0.362. The summed E-state index contributed by atoms with van der Waals surface area (Å²) in [6, 6.07) is -0.555. The normalized spacial score (nSPS) is 12.2. The Morgan fingerprint density at radius 3 is 2.40 bits per heavy atom. The van der Waals surface area contributed by atoms with E-state index in [0.29, 0.717) is 18.9 Å². The number of ether oxygens (including phenoxy) is 1. The van der Waals surface area contributed by atoms with Crippen molar-refractivity contribution in [1.29, 1.82) is 0 Å². The van der Waals surface area contributed by atoms with Gasteiger partial charge in [-0.3, -0.25) is 4.79 Å². The molecular weight excluding hydrogens is 278 g/mol. The Bertz CT molecular complexity index is 282. The molecule has 1 N–H and O–H groups in total. The Morgan fingerprint density at radius 1 is 1.15 bits per heavy atom. The van der Waals surface area contributed by atoms with Crippen LogP contribution >= 0.6 is 11.6 Å². The minimum Gasteiger partial charge on any atom is -0.464 e. The Morgan fingerprint density at radius 2 is 1.85 bits per heavy atom. The molecule has 0 aromatic carbocycles. The predicted octanol–water partition coefficient (Wildman–Crippen LogP) is 3.27. The number of amides is 1. The van der Waals surface area contributed by atoms with Gasteiger partial charge in [-0.1, -0.05) is 33.6 Å². The number of rotatable bonds is 11. The average molecular weight is 306 g/mol. The summed E-state index contributed by atoms with van der Waals surface area (Å²) in [6.45, 7) is 6.33. The summed E-state index contributed by atoms with van der Waals surface area (Å²) in [7, 11) is 0. The molecule has 4 nitrogen and oxygen atoms in total. The van der Waals surface area contributed by atoms with E-state index in [0.717, 1.165) is 32.1 Å². The zero-order valence-electron chi connectivity index (χ0n) is 12.9. The van der Waals surface area contributed by atoms with Crippen LogP contribution in [0.15, 0.2) is 0 Å². The highest BCUT2D eigenvalue weighted by Gasteiger charge is 2.25. The smallest absolute Gasteiger partial charge is 0.328 e. The highest BCUT2D eigenvalue weighted by Crippen LogP contribution is 2.07. The molecule has 0 radical (unpaired) electrons. The van der Waals surface area contributed by atoms with Crippen LogP contribution in [0.1, 0.15) is 59.3 Å². The molecule has 1 amide bonds. The van der Waals surface area contributed by atoms with Gasteiger partial charge in [-0.15, -0.1) is 11.6 Å². The van der Waals surface area contributed by atoms with Crippen LogP contribution in [0, 0.1) is 5.92 Å². The highest BCUT2D eigenvalue weighted by atomic mass is 35.5. The van der Waals surface area contributed by atoms with E-state index in [4.69, 9.17) is 16.3 Å². The van der Waals surface area contributed by atoms with Crippen LogP contribution in [-0.2, 0) is 14.3 Å². The lowest BCUT2D eigenvalue weighted by Gasteiger charge is -2.20. The van der Waals surface area contributed by atoms with Gasteiger partial charge < -0.3 is 10.1 Å². The topological polar surface area (TPSA) is 55.4 Å². The van der Waals surface area contributed by atoms with Crippen molar-refractivity contribution in [2.24, 2.45) is 5.92 Å². The fraction of sp³-hybridized carbons (Fsp3) is 0.867. The molecule has 0 rings (SSSR count). The maximum Gasteiger partial charge on any atom is 0.328 e. The number of hydrogen-bond acceptors (Lipinski definition) is 3. The van der Waals surface area contributed by atoms with Gasteiger partial charge in [0.15, 0.2) is 0 Å².